The van der Waals surface area contributed by atoms with Gasteiger partial charge in [-0.2, -0.15) is 4.31 Å². The van der Waals surface area contributed by atoms with Gasteiger partial charge in [-0.1, -0.05) is 6.07 Å². The summed E-state index contributed by atoms with van der Waals surface area (Å²) in [6.45, 7) is 9.08. The summed E-state index contributed by atoms with van der Waals surface area (Å²) in [5.74, 6) is -0.229. The fourth-order valence-electron chi connectivity index (χ4n) is 3.20. The number of benzene rings is 1. The molecule has 0 aromatic heterocycles. The molecule has 0 unspecified atom stereocenters. The number of sulfonamides is 1. The molecule has 1 aliphatic rings. The van der Waals surface area contributed by atoms with Gasteiger partial charge in [-0.15, -0.1) is 0 Å². The number of carbonyl (C=O) groups excluding carboxylic acids is 2. The molecule has 0 saturated carbocycles. The van der Waals surface area contributed by atoms with Gasteiger partial charge >= 0.3 is 0 Å². The minimum Gasteiger partial charge on any atom is -0.353 e. The number of nitrogens with one attached hydrogen (secondary N) is 1. The van der Waals surface area contributed by atoms with E-state index in [9.17, 15) is 18.0 Å². The number of hydrogen-bond donors (Lipinski definition) is 1. The van der Waals surface area contributed by atoms with Crippen LogP contribution in [0.4, 0.5) is 0 Å². The molecule has 1 aromatic carbocycles. The average molecular weight is 425 g/mol. The van der Waals surface area contributed by atoms with Crippen molar-refractivity contribution in [2.45, 2.75) is 38.6 Å². The number of carbonyl (C=O) groups is 2. The topological polar surface area (TPSA) is 90.0 Å². The molecule has 2 rings (SSSR count). The van der Waals surface area contributed by atoms with E-state index in [0.717, 1.165) is 11.1 Å². The van der Waals surface area contributed by atoms with Crippen LogP contribution in [0.15, 0.2) is 23.1 Å². The highest BCUT2D eigenvalue weighted by atomic mass is 32.2. The number of likely N-dealkylation sites (N-methyl/N-ethyl adjacent to an activating group) is 1. The van der Waals surface area contributed by atoms with E-state index >= 15 is 0 Å². The lowest BCUT2D eigenvalue weighted by atomic mass is 10.1. The van der Waals surface area contributed by atoms with E-state index in [1.165, 1.54) is 4.31 Å². The Morgan fingerprint density at radius 2 is 1.69 bits per heavy atom. The molecule has 2 amide bonds. The maximum absolute atomic E-state index is 12.9. The van der Waals surface area contributed by atoms with E-state index in [4.69, 9.17) is 0 Å². The van der Waals surface area contributed by atoms with Crippen molar-refractivity contribution in [3.05, 3.63) is 29.3 Å². The molecule has 1 fully saturated rings. The first-order valence-electron chi connectivity index (χ1n) is 9.83. The number of amides is 2. The predicted molar refractivity (Wildman–Crippen MR) is 112 cm³/mol. The molecule has 162 valence electrons. The van der Waals surface area contributed by atoms with Gasteiger partial charge in [0.2, 0.25) is 21.8 Å². The third-order valence-corrected chi connectivity index (χ3v) is 6.87. The summed E-state index contributed by atoms with van der Waals surface area (Å²) >= 11 is 0. The Labute approximate surface area is 173 Å². The molecule has 0 spiro atoms. The maximum Gasteiger partial charge on any atom is 0.243 e. The van der Waals surface area contributed by atoms with Crippen molar-refractivity contribution in [3.63, 3.8) is 0 Å². The van der Waals surface area contributed by atoms with Gasteiger partial charge in [-0.3, -0.25) is 14.5 Å². The quantitative estimate of drug-likeness (QED) is 0.692. The summed E-state index contributed by atoms with van der Waals surface area (Å²) in [6, 6.07) is 5.19. The summed E-state index contributed by atoms with van der Waals surface area (Å²) in [7, 11) is -1.85. The highest BCUT2D eigenvalue weighted by Crippen LogP contribution is 2.20. The molecule has 0 bridgehead atoms. The molecular weight excluding hydrogens is 392 g/mol. The van der Waals surface area contributed by atoms with Crippen LogP contribution in [0.1, 0.15) is 25.0 Å². The molecule has 1 aromatic rings. The van der Waals surface area contributed by atoms with Crippen LogP contribution >= 0.6 is 0 Å². The molecule has 29 heavy (non-hydrogen) atoms. The number of piperazine rings is 1. The normalized spacial score (nSPS) is 15.8. The zero-order valence-corrected chi connectivity index (χ0v) is 18.8. The smallest absolute Gasteiger partial charge is 0.243 e. The van der Waals surface area contributed by atoms with Crippen LogP contribution in [-0.4, -0.2) is 86.7 Å². The molecule has 1 heterocycles. The zero-order chi connectivity index (χ0) is 21.8. The Kier molecular flexibility index (Phi) is 7.79. The third-order valence-electron chi connectivity index (χ3n) is 4.98. The van der Waals surface area contributed by atoms with E-state index in [1.54, 1.807) is 29.0 Å². The average Bonchev–Trinajstić information content (AvgIpc) is 2.63. The van der Waals surface area contributed by atoms with Gasteiger partial charge in [0.1, 0.15) is 0 Å². The molecular formula is C20H32N4O4S. The lowest BCUT2D eigenvalue weighted by Crippen LogP contribution is -2.52. The number of rotatable bonds is 7. The Morgan fingerprint density at radius 1 is 1.07 bits per heavy atom. The van der Waals surface area contributed by atoms with Crippen LogP contribution in [0.2, 0.25) is 0 Å². The van der Waals surface area contributed by atoms with Crippen LogP contribution in [0.5, 0.6) is 0 Å². The first-order chi connectivity index (χ1) is 13.5. The number of nitrogens with zero attached hydrogens (tertiary/aromatic N) is 3. The highest BCUT2D eigenvalue weighted by molar-refractivity contribution is 7.89. The minimum atomic E-state index is -3.57. The molecule has 1 N–H and O–H groups in total. The molecule has 1 saturated heterocycles. The highest BCUT2D eigenvalue weighted by Gasteiger charge is 2.30. The van der Waals surface area contributed by atoms with Gasteiger partial charge in [0, 0.05) is 32.2 Å². The predicted octanol–water partition coefficient (Wildman–Crippen LogP) is 0.593. The van der Waals surface area contributed by atoms with Crippen molar-refractivity contribution >= 4 is 21.8 Å². The van der Waals surface area contributed by atoms with Crippen molar-refractivity contribution < 1.29 is 18.0 Å². The standard InChI is InChI=1S/C20H32N4O4S/c1-15(2)21-19(25)13-22(5)14-20(26)23-8-10-24(11-9-23)29(27,28)18-7-6-16(3)17(4)12-18/h6-7,12,15H,8-11,13-14H2,1-5H3,(H,21,25). The minimum absolute atomic E-state index is 0.0546. The lowest BCUT2D eigenvalue weighted by Gasteiger charge is -2.34. The van der Waals surface area contributed by atoms with Crippen molar-refractivity contribution in [1.29, 1.82) is 0 Å². The Bertz CT molecular complexity index is 846. The van der Waals surface area contributed by atoms with Crippen molar-refractivity contribution in [2.24, 2.45) is 0 Å². The third kappa shape index (κ3) is 6.25. The largest absolute Gasteiger partial charge is 0.353 e. The number of hydrogen-bond acceptors (Lipinski definition) is 5. The van der Waals surface area contributed by atoms with Crippen molar-refractivity contribution in [2.75, 3.05) is 46.3 Å². The van der Waals surface area contributed by atoms with Crippen LogP contribution in [0.3, 0.4) is 0 Å². The maximum atomic E-state index is 12.9. The van der Waals surface area contributed by atoms with Gasteiger partial charge in [0.25, 0.3) is 0 Å². The van der Waals surface area contributed by atoms with Gasteiger partial charge in [-0.05, 0) is 58.0 Å². The fraction of sp³-hybridized carbons (Fsp3) is 0.600. The zero-order valence-electron chi connectivity index (χ0n) is 17.9. The molecule has 0 aliphatic carbocycles. The summed E-state index contributed by atoms with van der Waals surface area (Å²) in [5, 5.41) is 2.79. The first-order valence-corrected chi connectivity index (χ1v) is 11.3. The fourth-order valence-corrected chi connectivity index (χ4v) is 4.71. The second kappa shape index (κ2) is 9.69. The van der Waals surface area contributed by atoms with E-state index in [2.05, 4.69) is 5.32 Å². The van der Waals surface area contributed by atoms with Crippen LogP contribution in [0, 0.1) is 13.8 Å². The summed E-state index contributed by atoms with van der Waals surface area (Å²) < 4.78 is 27.2. The van der Waals surface area contributed by atoms with E-state index in [-0.39, 0.29) is 48.9 Å². The molecule has 0 radical (unpaired) electrons. The first kappa shape index (κ1) is 23.3. The van der Waals surface area contributed by atoms with Gasteiger partial charge in [-0.25, -0.2) is 8.42 Å². The molecule has 9 heteroatoms. The van der Waals surface area contributed by atoms with E-state index in [0.29, 0.717) is 13.1 Å². The van der Waals surface area contributed by atoms with Gasteiger partial charge < -0.3 is 10.2 Å². The van der Waals surface area contributed by atoms with E-state index < -0.39 is 10.0 Å². The van der Waals surface area contributed by atoms with Crippen LogP contribution in [0.25, 0.3) is 0 Å². The Morgan fingerprint density at radius 3 is 2.24 bits per heavy atom. The number of aryl methyl sites for hydroxylation is 2. The second-order valence-electron chi connectivity index (χ2n) is 7.93. The molecule has 1 aliphatic heterocycles. The monoisotopic (exact) mass is 424 g/mol. The van der Waals surface area contributed by atoms with Crippen molar-refractivity contribution in [1.82, 2.24) is 19.4 Å². The summed E-state index contributed by atoms with van der Waals surface area (Å²) in [6.07, 6.45) is 0. The van der Waals surface area contributed by atoms with E-state index in [1.807, 2.05) is 33.8 Å². The molecule has 8 nitrogen and oxygen atoms in total. The summed E-state index contributed by atoms with van der Waals surface area (Å²) in [5.41, 5.74) is 1.98. The van der Waals surface area contributed by atoms with Gasteiger partial charge in [0.05, 0.1) is 18.0 Å². The van der Waals surface area contributed by atoms with Crippen LogP contribution < -0.4 is 5.32 Å². The Balaban J connectivity index is 1.90. The van der Waals surface area contributed by atoms with Crippen LogP contribution in [-0.2, 0) is 19.6 Å². The molecule has 0 atom stereocenters. The SMILES string of the molecule is Cc1ccc(S(=O)(=O)N2CCN(C(=O)CN(C)CC(=O)NC(C)C)CC2)cc1C. The second-order valence-corrected chi connectivity index (χ2v) is 9.86. The Hall–Kier alpha value is -1.97. The lowest BCUT2D eigenvalue weighted by molar-refractivity contribution is -0.133. The van der Waals surface area contributed by atoms with Crippen molar-refractivity contribution in [3.8, 4) is 0 Å². The van der Waals surface area contributed by atoms with Gasteiger partial charge in [0.15, 0.2) is 0 Å². The summed E-state index contributed by atoms with van der Waals surface area (Å²) in [4.78, 5) is 27.9.